The quantitative estimate of drug-likeness (QED) is 0.671. The number of carbonyl (C=O) groups excluding carboxylic acids is 1. The molecule has 3 nitrogen and oxygen atoms in total. The molecule has 86 valence electrons. The number of carbonyl (C=O) groups is 1. The molecule has 1 aliphatic heterocycles. The summed E-state index contributed by atoms with van der Waals surface area (Å²) in [7, 11) is 0. The molecule has 0 saturated carbocycles. The second kappa shape index (κ2) is 5.12. The third-order valence-corrected chi connectivity index (χ3v) is 2.85. The zero-order chi connectivity index (χ0) is 11.4. The van der Waals surface area contributed by atoms with Crippen LogP contribution in [-0.2, 0) is 9.53 Å². The third kappa shape index (κ3) is 2.61. The molecule has 0 spiro atoms. The maximum atomic E-state index is 12.1. The lowest BCUT2D eigenvalue weighted by Gasteiger charge is -2.27. The van der Waals surface area contributed by atoms with E-state index in [1.807, 2.05) is 30.1 Å². The topological polar surface area (TPSA) is 29.5 Å². The fourth-order valence-electron chi connectivity index (χ4n) is 1.84. The highest BCUT2D eigenvalue weighted by molar-refractivity contribution is 5.96. The van der Waals surface area contributed by atoms with Crippen LogP contribution in [0.5, 0.6) is 0 Å². The fourth-order valence-corrected chi connectivity index (χ4v) is 1.84. The van der Waals surface area contributed by atoms with Gasteiger partial charge in [-0.1, -0.05) is 23.8 Å². The minimum atomic E-state index is 0.127. The molecule has 1 heterocycles. The first-order valence-corrected chi connectivity index (χ1v) is 5.69. The van der Waals surface area contributed by atoms with Crippen molar-refractivity contribution in [2.75, 3.05) is 26.3 Å². The molecule has 16 heavy (non-hydrogen) atoms. The van der Waals surface area contributed by atoms with Gasteiger partial charge in [0.15, 0.2) is 0 Å². The zero-order valence-electron chi connectivity index (χ0n) is 9.61. The van der Waals surface area contributed by atoms with Crippen molar-refractivity contribution in [3.63, 3.8) is 0 Å². The van der Waals surface area contributed by atoms with Crippen LogP contribution in [0.15, 0.2) is 35.5 Å². The number of amides is 1. The van der Waals surface area contributed by atoms with Gasteiger partial charge in [0, 0.05) is 18.7 Å². The SMILES string of the molecule is CC1=CCC=C(C(=O)N2CCOCC2)C=C1. The summed E-state index contributed by atoms with van der Waals surface area (Å²) in [6.45, 7) is 4.76. The number of rotatable bonds is 1. The van der Waals surface area contributed by atoms with Crippen LogP contribution in [0, 0.1) is 0 Å². The molecule has 0 aromatic heterocycles. The minimum Gasteiger partial charge on any atom is -0.378 e. The Morgan fingerprint density at radius 2 is 2.00 bits per heavy atom. The van der Waals surface area contributed by atoms with Crippen LogP contribution in [0.1, 0.15) is 13.3 Å². The van der Waals surface area contributed by atoms with Gasteiger partial charge >= 0.3 is 0 Å². The summed E-state index contributed by atoms with van der Waals surface area (Å²) in [6, 6.07) is 0. The molecule has 0 unspecified atom stereocenters. The van der Waals surface area contributed by atoms with Crippen molar-refractivity contribution >= 4 is 5.91 Å². The largest absolute Gasteiger partial charge is 0.378 e. The van der Waals surface area contributed by atoms with Crippen molar-refractivity contribution in [2.45, 2.75) is 13.3 Å². The van der Waals surface area contributed by atoms with Crippen LogP contribution in [0.3, 0.4) is 0 Å². The van der Waals surface area contributed by atoms with Crippen molar-refractivity contribution < 1.29 is 9.53 Å². The number of morpholine rings is 1. The highest BCUT2D eigenvalue weighted by Crippen LogP contribution is 2.13. The first kappa shape index (κ1) is 11.1. The van der Waals surface area contributed by atoms with Crippen LogP contribution >= 0.6 is 0 Å². The Balaban J connectivity index is 2.04. The van der Waals surface area contributed by atoms with E-state index in [-0.39, 0.29) is 5.91 Å². The zero-order valence-corrected chi connectivity index (χ0v) is 9.61. The van der Waals surface area contributed by atoms with Crippen molar-refractivity contribution in [3.8, 4) is 0 Å². The molecule has 3 heteroatoms. The molecular formula is C13H17NO2. The molecule has 1 fully saturated rings. The van der Waals surface area contributed by atoms with Crippen molar-refractivity contribution in [2.24, 2.45) is 0 Å². The van der Waals surface area contributed by atoms with E-state index in [4.69, 9.17) is 4.74 Å². The lowest BCUT2D eigenvalue weighted by molar-refractivity contribution is -0.130. The molecule has 1 saturated heterocycles. The summed E-state index contributed by atoms with van der Waals surface area (Å²) in [5, 5.41) is 0. The van der Waals surface area contributed by atoms with Gasteiger partial charge in [-0.25, -0.2) is 0 Å². The second-order valence-electron chi connectivity index (χ2n) is 4.08. The standard InChI is InChI=1S/C13H17NO2/c1-11-3-2-4-12(6-5-11)13(15)14-7-9-16-10-8-14/h3-6H,2,7-10H2,1H3. The van der Waals surface area contributed by atoms with Crippen molar-refractivity contribution in [1.82, 2.24) is 4.90 Å². The molecular weight excluding hydrogens is 202 g/mol. The number of allylic oxidation sites excluding steroid dienone is 4. The average Bonchev–Trinajstić information content (AvgIpc) is 2.54. The summed E-state index contributed by atoms with van der Waals surface area (Å²) in [5.74, 6) is 0.127. The van der Waals surface area contributed by atoms with Gasteiger partial charge in [0.05, 0.1) is 13.2 Å². The van der Waals surface area contributed by atoms with E-state index >= 15 is 0 Å². The Morgan fingerprint density at radius 1 is 1.25 bits per heavy atom. The number of hydrogen-bond donors (Lipinski definition) is 0. The normalized spacial score (nSPS) is 21.2. The summed E-state index contributed by atoms with van der Waals surface area (Å²) in [6.07, 6.45) is 8.86. The Kier molecular flexibility index (Phi) is 3.57. The first-order chi connectivity index (χ1) is 7.77. The highest BCUT2D eigenvalue weighted by atomic mass is 16.5. The predicted octanol–water partition coefficient (Wildman–Crippen LogP) is 1.68. The highest BCUT2D eigenvalue weighted by Gasteiger charge is 2.19. The number of ether oxygens (including phenoxy) is 1. The summed E-state index contributed by atoms with van der Waals surface area (Å²) < 4.78 is 5.24. The summed E-state index contributed by atoms with van der Waals surface area (Å²) >= 11 is 0. The number of nitrogens with zero attached hydrogens (tertiary/aromatic N) is 1. The van der Waals surface area contributed by atoms with E-state index in [9.17, 15) is 4.79 Å². The van der Waals surface area contributed by atoms with Gasteiger partial charge in [0.1, 0.15) is 0 Å². The van der Waals surface area contributed by atoms with Crippen LogP contribution < -0.4 is 0 Å². The monoisotopic (exact) mass is 219 g/mol. The van der Waals surface area contributed by atoms with Crippen molar-refractivity contribution in [3.05, 3.63) is 35.5 Å². The third-order valence-electron chi connectivity index (χ3n) is 2.85. The van der Waals surface area contributed by atoms with E-state index in [1.54, 1.807) is 0 Å². The van der Waals surface area contributed by atoms with Gasteiger partial charge in [-0.15, -0.1) is 0 Å². The molecule has 0 bridgehead atoms. The summed E-state index contributed by atoms with van der Waals surface area (Å²) in [4.78, 5) is 14.0. The van der Waals surface area contributed by atoms with Crippen LogP contribution in [0.25, 0.3) is 0 Å². The Labute approximate surface area is 96.1 Å². The van der Waals surface area contributed by atoms with Crippen LogP contribution in [0.4, 0.5) is 0 Å². The smallest absolute Gasteiger partial charge is 0.253 e. The Morgan fingerprint density at radius 3 is 2.75 bits per heavy atom. The lowest BCUT2D eigenvalue weighted by Crippen LogP contribution is -2.41. The van der Waals surface area contributed by atoms with Crippen molar-refractivity contribution in [1.29, 1.82) is 0 Å². The molecule has 2 rings (SSSR count). The molecule has 0 radical (unpaired) electrons. The second-order valence-corrected chi connectivity index (χ2v) is 4.08. The molecule has 1 aliphatic carbocycles. The molecule has 0 atom stereocenters. The maximum absolute atomic E-state index is 12.1. The van der Waals surface area contributed by atoms with Gasteiger partial charge in [0.2, 0.25) is 0 Å². The van der Waals surface area contributed by atoms with Gasteiger partial charge < -0.3 is 9.64 Å². The van der Waals surface area contributed by atoms with E-state index in [0.717, 1.165) is 12.0 Å². The molecule has 0 aromatic carbocycles. The Hall–Kier alpha value is -1.35. The maximum Gasteiger partial charge on any atom is 0.253 e. The van der Waals surface area contributed by atoms with Gasteiger partial charge in [-0.05, 0) is 19.4 Å². The number of hydrogen-bond acceptors (Lipinski definition) is 2. The molecule has 2 aliphatic rings. The van der Waals surface area contributed by atoms with E-state index in [2.05, 4.69) is 6.08 Å². The van der Waals surface area contributed by atoms with E-state index in [0.29, 0.717) is 26.3 Å². The van der Waals surface area contributed by atoms with E-state index < -0.39 is 0 Å². The average molecular weight is 219 g/mol. The van der Waals surface area contributed by atoms with Gasteiger partial charge in [-0.3, -0.25) is 4.79 Å². The van der Waals surface area contributed by atoms with E-state index in [1.165, 1.54) is 5.57 Å². The first-order valence-electron chi connectivity index (χ1n) is 5.69. The fraction of sp³-hybridized carbons (Fsp3) is 0.462. The predicted molar refractivity (Wildman–Crippen MR) is 63.0 cm³/mol. The molecule has 0 N–H and O–H groups in total. The lowest BCUT2D eigenvalue weighted by atomic mass is 10.2. The van der Waals surface area contributed by atoms with Crippen LogP contribution in [-0.4, -0.2) is 37.1 Å². The van der Waals surface area contributed by atoms with Crippen LogP contribution in [0.2, 0.25) is 0 Å². The Bertz CT molecular complexity index is 360. The minimum absolute atomic E-state index is 0.127. The van der Waals surface area contributed by atoms with Gasteiger partial charge in [0.25, 0.3) is 5.91 Å². The summed E-state index contributed by atoms with van der Waals surface area (Å²) in [5.41, 5.74) is 2.01. The molecule has 0 aromatic rings. The van der Waals surface area contributed by atoms with Gasteiger partial charge in [-0.2, -0.15) is 0 Å². The molecule has 1 amide bonds.